The molecule has 0 aromatic heterocycles. The minimum Gasteiger partial charge on any atom is -0.486 e. The van der Waals surface area contributed by atoms with E-state index in [0.717, 1.165) is 48.3 Å². The van der Waals surface area contributed by atoms with E-state index in [0.29, 0.717) is 25.5 Å². The Labute approximate surface area is 175 Å². The van der Waals surface area contributed by atoms with Gasteiger partial charge in [-0.2, -0.15) is 0 Å². The van der Waals surface area contributed by atoms with Crippen molar-refractivity contribution >= 4 is 23.4 Å². The zero-order chi connectivity index (χ0) is 20.1. The normalized spacial score (nSPS) is 15.8. The average molecular weight is 415 g/mol. The molecule has 0 aliphatic carbocycles. The van der Waals surface area contributed by atoms with Crippen LogP contribution in [0.4, 0.5) is 5.69 Å². The highest BCUT2D eigenvalue weighted by molar-refractivity contribution is 8.00. The first-order chi connectivity index (χ1) is 14.2. The van der Waals surface area contributed by atoms with Crippen molar-refractivity contribution in [3.05, 3.63) is 48.0 Å². The lowest BCUT2D eigenvalue weighted by Gasteiger charge is -2.31. The van der Waals surface area contributed by atoms with Crippen molar-refractivity contribution in [3.63, 3.8) is 0 Å². The number of carbonyl (C=O) groups is 1. The van der Waals surface area contributed by atoms with Crippen molar-refractivity contribution in [1.82, 2.24) is 4.90 Å². The highest BCUT2D eigenvalue weighted by Crippen LogP contribution is 2.34. The predicted molar refractivity (Wildman–Crippen MR) is 114 cm³/mol. The molecule has 0 unspecified atom stereocenters. The van der Waals surface area contributed by atoms with Gasteiger partial charge in [-0.15, -0.1) is 11.8 Å². The van der Waals surface area contributed by atoms with Crippen LogP contribution in [0.5, 0.6) is 11.5 Å². The van der Waals surface area contributed by atoms with E-state index in [1.165, 1.54) is 17.4 Å². The summed E-state index contributed by atoms with van der Waals surface area (Å²) in [6.45, 7) is 4.99. The van der Waals surface area contributed by atoms with Gasteiger partial charge >= 0.3 is 0 Å². The minimum absolute atomic E-state index is 0.0988. The Morgan fingerprint density at radius 2 is 1.79 bits per heavy atom. The van der Waals surface area contributed by atoms with Gasteiger partial charge in [0.2, 0.25) is 5.91 Å². The van der Waals surface area contributed by atoms with Crippen LogP contribution in [0.15, 0.2) is 47.4 Å². The van der Waals surface area contributed by atoms with Gasteiger partial charge in [0, 0.05) is 37.3 Å². The van der Waals surface area contributed by atoms with Crippen LogP contribution < -0.4 is 14.4 Å². The molecule has 2 heterocycles. The summed E-state index contributed by atoms with van der Waals surface area (Å²) >= 11 is 1.52. The summed E-state index contributed by atoms with van der Waals surface area (Å²) in [5.74, 6) is 2.00. The molecule has 4 rings (SSSR count). The average Bonchev–Trinajstić information content (AvgIpc) is 2.78. The van der Waals surface area contributed by atoms with Crippen LogP contribution in [0.1, 0.15) is 5.56 Å². The van der Waals surface area contributed by atoms with Gasteiger partial charge in [-0.25, -0.2) is 0 Å². The van der Waals surface area contributed by atoms with Crippen LogP contribution in [0, 0.1) is 0 Å². The molecule has 2 aromatic rings. The highest BCUT2D eigenvalue weighted by Gasteiger charge is 2.18. The third-order valence-corrected chi connectivity index (χ3v) is 6.03. The Morgan fingerprint density at radius 3 is 2.62 bits per heavy atom. The second-order valence-electron chi connectivity index (χ2n) is 7.07. The third-order valence-electron chi connectivity index (χ3n) is 5.05. The van der Waals surface area contributed by atoms with Crippen molar-refractivity contribution in [1.29, 1.82) is 0 Å². The maximum Gasteiger partial charge on any atom is 0.232 e. The van der Waals surface area contributed by atoms with Crippen LogP contribution in [-0.2, 0) is 16.1 Å². The van der Waals surface area contributed by atoms with Gasteiger partial charge in [0.05, 0.1) is 19.0 Å². The number of morpholine rings is 1. The standard InChI is InChI=1S/C22H26N2O4S/c1-23(15-17-4-2-3-5-19(17)24-8-10-26-11-9-24)22(25)16-29-18-6-7-20-21(14-18)28-13-12-27-20/h2-7,14H,8-13,15-16H2,1H3. The molecular weight excluding hydrogens is 388 g/mol. The van der Waals surface area contributed by atoms with E-state index in [4.69, 9.17) is 14.2 Å². The minimum atomic E-state index is 0.0988. The summed E-state index contributed by atoms with van der Waals surface area (Å²) < 4.78 is 16.6. The molecule has 0 bridgehead atoms. The van der Waals surface area contributed by atoms with E-state index >= 15 is 0 Å². The van der Waals surface area contributed by atoms with Crippen LogP contribution in [0.2, 0.25) is 0 Å². The summed E-state index contributed by atoms with van der Waals surface area (Å²) in [7, 11) is 1.86. The lowest BCUT2D eigenvalue weighted by Crippen LogP contribution is -2.37. The highest BCUT2D eigenvalue weighted by atomic mass is 32.2. The van der Waals surface area contributed by atoms with Crippen molar-refractivity contribution in [2.24, 2.45) is 0 Å². The molecule has 1 amide bonds. The van der Waals surface area contributed by atoms with E-state index in [2.05, 4.69) is 17.0 Å². The molecule has 0 saturated carbocycles. The fourth-order valence-electron chi connectivity index (χ4n) is 3.47. The zero-order valence-corrected chi connectivity index (χ0v) is 17.5. The summed E-state index contributed by atoms with van der Waals surface area (Å²) in [4.78, 5) is 17.8. The fraction of sp³-hybridized carbons (Fsp3) is 0.409. The molecule has 1 saturated heterocycles. The molecule has 0 spiro atoms. The zero-order valence-electron chi connectivity index (χ0n) is 16.6. The molecule has 154 valence electrons. The number of hydrogen-bond donors (Lipinski definition) is 0. The maximum atomic E-state index is 12.7. The number of benzene rings is 2. The molecule has 2 aliphatic heterocycles. The van der Waals surface area contributed by atoms with Gasteiger partial charge < -0.3 is 24.0 Å². The van der Waals surface area contributed by atoms with Crippen LogP contribution in [0.3, 0.4) is 0 Å². The first-order valence-electron chi connectivity index (χ1n) is 9.88. The number of fused-ring (bicyclic) bond motifs is 1. The van der Waals surface area contributed by atoms with E-state index in [1.807, 2.05) is 37.4 Å². The lowest BCUT2D eigenvalue weighted by atomic mass is 10.1. The molecule has 7 heteroatoms. The summed E-state index contributed by atoms with van der Waals surface area (Å²) in [5, 5.41) is 0. The second kappa shape index (κ2) is 9.41. The number of amides is 1. The van der Waals surface area contributed by atoms with Crippen LogP contribution in [0.25, 0.3) is 0 Å². The predicted octanol–water partition coefficient (Wildman–Crippen LogP) is 3.05. The monoisotopic (exact) mass is 414 g/mol. The molecule has 6 nitrogen and oxygen atoms in total. The van der Waals surface area contributed by atoms with Gasteiger partial charge in [0.1, 0.15) is 13.2 Å². The Balaban J connectivity index is 1.35. The van der Waals surface area contributed by atoms with E-state index in [9.17, 15) is 4.79 Å². The molecular formula is C22H26N2O4S. The smallest absolute Gasteiger partial charge is 0.232 e. The largest absolute Gasteiger partial charge is 0.486 e. The number of carbonyl (C=O) groups excluding carboxylic acids is 1. The number of para-hydroxylation sites is 1. The third kappa shape index (κ3) is 4.97. The topological polar surface area (TPSA) is 51.2 Å². The van der Waals surface area contributed by atoms with Crippen molar-refractivity contribution < 1.29 is 19.0 Å². The summed E-state index contributed by atoms with van der Waals surface area (Å²) in [5.41, 5.74) is 2.35. The quantitative estimate of drug-likeness (QED) is 0.678. The molecule has 0 radical (unpaired) electrons. The Kier molecular flexibility index (Phi) is 6.46. The summed E-state index contributed by atoms with van der Waals surface area (Å²) in [6.07, 6.45) is 0. The first kappa shape index (κ1) is 19.9. The van der Waals surface area contributed by atoms with E-state index < -0.39 is 0 Å². The molecule has 0 N–H and O–H groups in total. The molecule has 29 heavy (non-hydrogen) atoms. The fourth-order valence-corrected chi connectivity index (χ4v) is 4.33. The Morgan fingerprint density at radius 1 is 1.03 bits per heavy atom. The van der Waals surface area contributed by atoms with E-state index in [1.54, 1.807) is 4.90 Å². The van der Waals surface area contributed by atoms with Gasteiger partial charge in [0.15, 0.2) is 11.5 Å². The maximum absolute atomic E-state index is 12.7. The second-order valence-corrected chi connectivity index (χ2v) is 8.12. The van der Waals surface area contributed by atoms with E-state index in [-0.39, 0.29) is 5.91 Å². The van der Waals surface area contributed by atoms with Crippen LogP contribution >= 0.6 is 11.8 Å². The number of rotatable bonds is 6. The molecule has 2 aromatic carbocycles. The molecule has 1 fully saturated rings. The van der Waals surface area contributed by atoms with Crippen molar-refractivity contribution in [3.8, 4) is 11.5 Å². The van der Waals surface area contributed by atoms with Crippen LogP contribution in [-0.4, -0.2) is 63.1 Å². The molecule has 2 aliphatic rings. The Hall–Kier alpha value is -2.38. The van der Waals surface area contributed by atoms with Gasteiger partial charge in [-0.05, 0) is 29.8 Å². The summed E-state index contributed by atoms with van der Waals surface area (Å²) in [6, 6.07) is 14.1. The number of anilines is 1. The first-order valence-corrected chi connectivity index (χ1v) is 10.9. The number of nitrogens with zero attached hydrogens (tertiary/aromatic N) is 2. The number of thioether (sulfide) groups is 1. The molecule has 0 atom stereocenters. The number of ether oxygens (including phenoxy) is 3. The van der Waals surface area contributed by atoms with Crippen molar-refractivity contribution in [2.45, 2.75) is 11.4 Å². The van der Waals surface area contributed by atoms with Gasteiger partial charge in [-0.1, -0.05) is 18.2 Å². The SMILES string of the molecule is CN(Cc1ccccc1N1CCOCC1)C(=O)CSc1ccc2c(c1)OCCO2. The van der Waals surface area contributed by atoms with Gasteiger partial charge in [-0.3, -0.25) is 4.79 Å². The Bertz CT molecular complexity index is 854. The number of hydrogen-bond acceptors (Lipinski definition) is 6. The lowest BCUT2D eigenvalue weighted by molar-refractivity contribution is -0.127. The van der Waals surface area contributed by atoms with Gasteiger partial charge in [0.25, 0.3) is 0 Å². The van der Waals surface area contributed by atoms with Crippen molar-refractivity contribution in [2.75, 3.05) is 57.2 Å².